The molecule has 1 aromatic rings. The van der Waals surface area contributed by atoms with Crippen LogP contribution in [0, 0.1) is 0 Å². The Morgan fingerprint density at radius 3 is 2.75 bits per heavy atom. The lowest BCUT2D eigenvalue weighted by molar-refractivity contribution is 0.386. The largest absolute Gasteiger partial charge is 0.349 e. The van der Waals surface area contributed by atoms with Crippen LogP contribution in [0.2, 0.25) is 0 Å². The van der Waals surface area contributed by atoms with Crippen LogP contribution in [0.3, 0.4) is 0 Å². The summed E-state index contributed by atoms with van der Waals surface area (Å²) in [4.78, 5) is 20.7. The monoisotopic (exact) mass is 185 g/mol. The fourth-order valence-corrected chi connectivity index (χ4v) is 1.02. The van der Waals surface area contributed by atoms with Crippen molar-refractivity contribution < 1.29 is 14.4 Å². The van der Waals surface area contributed by atoms with Gasteiger partial charge in [0.05, 0.1) is 0 Å². The zero-order valence-electron chi connectivity index (χ0n) is 6.16. The first-order chi connectivity index (χ1) is 5.58. The molecule has 0 saturated heterocycles. The van der Waals surface area contributed by atoms with E-state index in [2.05, 4.69) is 4.98 Å². The first kappa shape index (κ1) is 9.13. The molecule has 0 unspecified atom stereocenters. The molecule has 0 fully saturated rings. The minimum absolute atomic E-state index is 0.667. The number of rotatable bonds is 2. The predicted molar refractivity (Wildman–Crippen MR) is 45.3 cm³/mol. The Morgan fingerprint density at radius 2 is 2.25 bits per heavy atom. The van der Waals surface area contributed by atoms with Gasteiger partial charge < -0.3 is 9.79 Å². The smallest absolute Gasteiger partial charge is 0.321 e. The van der Waals surface area contributed by atoms with Crippen molar-refractivity contribution in [3.63, 3.8) is 0 Å². The summed E-state index contributed by atoms with van der Waals surface area (Å²) >= 11 is 0. The summed E-state index contributed by atoms with van der Waals surface area (Å²) in [6.45, 7) is 0. The van der Waals surface area contributed by atoms with Crippen LogP contribution in [0.5, 0.6) is 0 Å². The zero-order valence-corrected chi connectivity index (χ0v) is 7.06. The number of hydrogen-bond donors (Lipinski definition) is 2. The van der Waals surface area contributed by atoms with Crippen molar-refractivity contribution in [2.24, 2.45) is 0 Å². The van der Waals surface area contributed by atoms with Crippen molar-refractivity contribution in [3.05, 3.63) is 35.9 Å². The lowest BCUT2D eigenvalue weighted by atomic mass is 10.3. The van der Waals surface area contributed by atoms with E-state index in [4.69, 9.17) is 9.79 Å². The molecule has 0 atom stereocenters. The van der Waals surface area contributed by atoms with E-state index in [1.54, 1.807) is 18.3 Å². The standard InChI is InChI=1S/C7H8NO3P/c9-12(10,11)5-3-7-2-1-4-8-6-7/h1-6H,(H2,9,10,11)/b5-3+. The van der Waals surface area contributed by atoms with E-state index in [1.807, 2.05) is 0 Å². The third kappa shape index (κ3) is 3.44. The van der Waals surface area contributed by atoms with Gasteiger partial charge in [0.2, 0.25) is 0 Å². The molecule has 0 aliphatic carbocycles. The molecule has 0 aromatic carbocycles. The highest BCUT2D eigenvalue weighted by atomic mass is 31.2. The molecule has 0 aliphatic rings. The van der Waals surface area contributed by atoms with Gasteiger partial charge in [0, 0.05) is 18.2 Å². The fraction of sp³-hybridized carbons (Fsp3) is 0. The van der Waals surface area contributed by atoms with Crippen LogP contribution in [0.15, 0.2) is 30.3 Å². The fourth-order valence-electron chi connectivity index (χ4n) is 0.658. The van der Waals surface area contributed by atoms with Crippen LogP contribution in [0.1, 0.15) is 5.56 Å². The van der Waals surface area contributed by atoms with Crippen LogP contribution >= 0.6 is 7.60 Å². The molecule has 64 valence electrons. The number of nitrogens with zero attached hydrogens (tertiary/aromatic N) is 1. The summed E-state index contributed by atoms with van der Waals surface area (Å²) in [6, 6.07) is 3.40. The molecule has 12 heavy (non-hydrogen) atoms. The van der Waals surface area contributed by atoms with Gasteiger partial charge in [0.25, 0.3) is 0 Å². The molecule has 2 N–H and O–H groups in total. The number of aromatic nitrogens is 1. The summed E-state index contributed by atoms with van der Waals surface area (Å²) in [5.41, 5.74) is 0.667. The van der Waals surface area contributed by atoms with Crippen LogP contribution < -0.4 is 0 Å². The van der Waals surface area contributed by atoms with Crippen LogP contribution in [0.25, 0.3) is 6.08 Å². The molecule has 0 bridgehead atoms. The zero-order chi connectivity index (χ0) is 9.03. The van der Waals surface area contributed by atoms with Crippen molar-refractivity contribution in [2.75, 3.05) is 0 Å². The van der Waals surface area contributed by atoms with Crippen molar-refractivity contribution in [1.82, 2.24) is 4.98 Å². The second kappa shape index (κ2) is 3.63. The quantitative estimate of drug-likeness (QED) is 0.680. The highest BCUT2D eigenvalue weighted by molar-refractivity contribution is 7.55. The van der Waals surface area contributed by atoms with Gasteiger partial charge in [-0.05, 0) is 17.7 Å². The van der Waals surface area contributed by atoms with E-state index >= 15 is 0 Å². The summed E-state index contributed by atoms with van der Waals surface area (Å²) in [5, 5.41) is 0. The molecule has 0 saturated carbocycles. The third-order valence-corrected chi connectivity index (χ3v) is 1.68. The summed E-state index contributed by atoms with van der Waals surface area (Å²) in [7, 11) is -4.04. The van der Waals surface area contributed by atoms with Gasteiger partial charge in [-0.1, -0.05) is 6.07 Å². The van der Waals surface area contributed by atoms with E-state index in [0.29, 0.717) is 5.56 Å². The van der Waals surface area contributed by atoms with Crippen molar-refractivity contribution in [1.29, 1.82) is 0 Å². The highest BCUT2D eigenvalue weighted by Crippen LogP contribution is 2.36. The third-order valence-electron chi connectivity index (χ3n) is 1.15. The minimum atomic E-state index is -4.04. The molecule has 1 aromatic heterocycles. The molecule has 0 spiro atoms. The van der Waals surface area contributed by atoms with Crippen molar-refractivity contribution >= 4 is 13.7 Å². The maximum absolute atomic E-state index is 10.4. The Balaban J connectivity index is 2.78. The summed E-state index contributed by atoms with van der Waals surface area (Å²) < 4.78 is 10.4. The Kier molecular flexibility index (Phi) is 2.76. The van der Waals surface area contributed by atoms with E-state index in [-0.39, 0.29) is 0 Å². The van der Waals surface area contributed by atoms with Crippen LogP contribution in [0.4, 0.5) is 0 Å². The minimum Gasteiger partial charge on any atom is -0.321 e. The topological polar surface area (TPSA) is 70.4 Å². The van der Waals surface area contributed by atoms with Gasteiger partial charge in [-0.2, -0.15) is 0 Å². The average Bonchev–Trinajstić information content (AvgIpc) is 2.02. The van der Waals surface area contributed by atoms with Gasteiger partial charge in [-0.3, -0.25) is 9.55 Å². The molecule has 0 radical (unpaired) electrons. The van der Waals surface area contributed by atoms with E-state index in [9.17, 15) is 4.57 Å². The first-order valence-electron chi connectivity index (χ1n) is 3.22. The Morgan fingerprint density at radius 1 is 1.50 bits per heavy atom. The predicted octanol–water partition coefficient (Wildman–Crippen LogP) is 1.23. The normalized spacial score (nSPS) is 12.2. The molecule has 1 heterocycles. The lowest BCUT2D eigenvalue weighted by Gasteiger charge is -1.93. The van der Waals surface area contributed by atoms with Gasteiger partial charge >= 0.3 is 7.60 Å². The number of hydrogen-bond acceptors (Lipinski definition) is 2. The summed E-state index contributed by atoms with van der Waals surface area (Å²) in [6.07, 6.45) is 4.45. The lowest BCUT2D eigenvalue weighted by Crippen LogP contribution is -1.74. The van der Waals surface area contributed by atoms with Crippen molar-refractivity contribution in [3.8, 4) is 0 Å². The second-order valence-electron chi connectivity index (χ2n) is 2.19. The molecular weight excluding hydrogens is 177 g/mol. The van der Waals surface area contributed by atoms with E-state index < -0.39 is 7.60 Å². The summed E-state index contributed by atoms with van der Waals surface area (Å²) in [5.74, 6) is 0.851. The first-order valence-corrected chi connectivity index (χ1v) is 4.90. The Bertz CT molecular complexity index is 317. The van der Waals surface area contributed by atoms with E-state index in [1.165, 1.54) is 12.3 Å². The average molecular weight is 185 g/mol. The maximum atomic E-state index is 10.4. The Hall–Kier alpha value is -0.960. The van der Waals surface area contributed by atoms with Gasteiger partial charge in [0.1, 0.15) is 0 Å². The SMILES string of the molecule is O=P(O)(O)/C=C/c1cccnc1. The van der Waals surface area contributed by atoms with E-state index in [0.717, 1.165) is 5.82 Å². The maximum Gasteiger partial charge on any atom is 0.349 e. The van der Waals surface area contributed by atoms with Gasteiger partial charge in [-0.25, -0.2) is 0 Å². The van der Waals surface area contributed by atoms with Crippen LogP contribution in [-0.2, 0) is 4.57 Å². The molecule has 5 heteroatoms. The van der Waals surface area contributed by atoms with Crippen molar-refractivity contribution in [2.45, 2.75) is 0 Å². The van der Waals surface area contributed by atoms with Gasteiger partial charge in [0.15, 0.2) is 0 Å². The molecule has 0 aliphatic heterocycles. The Labute approximate surface area is 69.7 Å². The van der Waals surface area contributed by atoms with Crippen LogP contribution in [-0.4, -0.2) is 14.8 Å². The highest BCUT2D eigenvalue weighted by Gasteiger charge is 2.04. The number of pyridine rings is 1. The molecule has 0 amide bonds. The van der Waals surface area contributed by atoms with Gasteiger partial charge in [-0.15, -0.1) is 0 Å². The second-order valence-corrected chi connectivity index (χ2v) is 3.67. The molecular formula is C7H8NO3P. The molecule has 4 nitrogen and oxygen atoms in total. The molecule has 1 rings (SSSR count).